The zero-order valence-electron chi connectivity index (χ0n) is 57.3. The van der Waals surface area contributed by atoms with Gasteiger partial charge in [-0.15, -0.1) is 35.6 Å². The van der Waals surface area contributed by atoms with Gasteiger partial charge in [0.05, 0.1) is 44.0 Å². The summed E-state index contributed by atoms with van der Waals surface area (Å²) in [6.07, 6.45) is 0.176. The number of aromatic hydroxyl groups is 1. The number of nitrogens with one attached hydrogen (secondary N) is 1. The average Bonchev–Trinajstić information content (AvgIpc) is 2.30. The third-order valence-electron chi connectivity index (χ3n) is 12.6. The lowest BCUT2D eigenvalue weighted by Gasteiger charge is -2.28. The Bertz CT molecular complexity index is 2830. The van der Waals surface area contributed by atoms with Crippen LogP contribution in [0.1, 0.15) is 52.7 Å². The van der Waals surface area contributed by atoms with Crippen molar-refractivity contribution in [2.24, 2.45) is 5.73 Å². The topological polar surface area (TPSA) is 221 Å². The number of phenols is 1. The molecular formula is C76H105Cl5N4O12S. The number of epoxide rings is 1. The van der Waals surface area contributed by atoms with Gasteiger partial charge in [0.15, 0.2) is 0 Å². The Balaban J connectivity index is 0.00000114. The molecule has 1 heterocycles. The molecule has 1 aliphatic rings. The molecule has 0 aliphatic carbocycles. The fourth-order valence-corrected chi connectivity index (χ4v) is 7.83. The summed E-state index contributed by atoms with van der Waals surface area (Å²) in [5, 5.41) is 46.3. The largest absolute Gasteiger partial charge is 0.508 e. The van der Waals surface area contributed by atoms with E-state index in [1.54, 1.807) is 31.2 Å². The Kier molecular flexibility index (Phi) is 59.0. The highest BCUT2D eigenvalue weighted by Gasteiger charge is 2.16. The molecule has 542 valence electrons. The molecule has 8 aromatic carbocycles. The van der Waals surface area contributed by atoms with Gasteiger partial charge in [-0.1, -0.05) is 170 Å². The molecular weight excluding hydrogens is 1370 g/mol. The molecule has 1 saturated heterocycles. The van der Waals surface area contributed by atoms with Crippen molar-refractivity contribution >= 4 is 66.2 Å². The van der Waals surface area contributed by atoms with Gasteiger partial charge in [0.2, 0.25) is 9.23 Å². The Morgan fingerprint density at radius 1 is 0.510 bits per heavy atom. The van der Waals surface area contributed by atoms with Gasteiger partial charge in [-0.25, -0.2) is 4.21 Å². The minimum atomic E-state index is -1.67. The first-order valence-electron chi connectivity index (χ1n) is 32.1. The van der Waals surface area contributed by atoms with E-state index in [0.29, 0.717) is 76.4 Å². The minimum absolute atomic E-state index is 0. The summed E-state index contributed by atoms with van der Waals surface area (Å²) in [5.41, 5.74) is 7.33. The predicted molar refractivity (Wildman–Crippen MR) is 408 cm³/mol. The van der Waals surface area contributed by atoms with Gasteiger partial charge < -0.3 is 65.0 Å². The number of para-hydroxylation sites is 6. The molecule has 1 fully saturated rings. The monoisotopic (exact) mass is 1470 g/mol. The first-order chi connectivity index (χ1) is 46.9. The van der Waals surface area contributed by atoms with Crippen molar-refractivity contribution in [1.82, 2.24) is 15.1 Å². The molecule has 98 heavy (non-hydrogen) atoms. The van der Waals surface area contributed by atoms with Gasteiger partial charge in [0.25, 0.3) is 0 Å². The molecule has 0 aromatic heterocycles. The second-order valence-corrected chi connectivity index (χ2v) is 25.2. The Morgan fingerprint density at radius 3 is 1.05 bits per heavy atom. The normalized spacial score (nSPS) is 12.8. The van der Waals surface area contributed by atoms with E-state index in [4.69, 9.17) is 82.0 Å². The average molecular weight is 1480 g/mol. The number of nitrogens with zero attached hydrogens (tertiary/aromatic N) is 2. The van der Waals surface area contributed by atoms with Crippen LogP contribution in [-0.4, -0.2) is 167 Å². The molecule has 0 radical (unpaired) electrons. The van der Waals surface area contributed by atoms with E-state index in [0.717, 1.165) is 55.0 Å². The highest BCUT2D eigenvalue weighted by Crippen LogP contribution is 2.16. The number of benzene rings is 8. The third-order valence-corrected chi connectivity index (χ3v) is 12.9. The van der Waals surface area contributed by atoms with Crippen LogP contribution in [0.25, 0.3) is 0 Å². The van der Waals surface area contributed by atoms with Gasteiger partial charge in [-0.2, -0.15) is 0 Å². The number of phenolic OH excluding ortho intramolecular Hbond substituents is 1. The first kappa shape index (κ1) is 91.8. The predicted octanol–water partition coefficient (Wildman–Crippen LogP) is 14.5. The molecule has 9 rings (SSSR count). The fraction of sp³-hybridized carbons (Fsp3) is 0.368. The Labute approximate surface area is 611 Å². The van der Waals surface area contributed by atoms with E-state index in [1.165, 1.54) is 11.1 Å². The van der Waals surface area contributed by atoms with E-state index < -0.39 is 15.3 Å². The number of rotatable bonds is 29. The lowest BCUT2D eigenvalue weighted by Crippen LogP contribution is -2.38. The number of aliphatic hydroxyl groups excluding tert-OH is 4. The summed E-state index contributed by atoms with van der Waals surface area (Å²) in [5.74, 6) is 5.30. The van der Waals surface area contributed by atoms with Crippen LogP contribution in [0.3, 0.4) is 0 Å². The second-order valence-electron chi connectivity index (χ2n) is 21.5. The summed E-state index contributed by atoms with van der Waals surface area (Å²) in [4.78, 5) is 4.59. The number of alkyl halides is 2. The maximum Gasteiger partial charge on any atom is 0.211 e. The zero-order chi connectivity index (χ0) is 71.4. The van der Waals surface area contributed by atoms with Gasteiger partial charge in [0.1, 0.15) is 67.5 Å². The first-order valence-corrected chi connectivity index (χ1v) is 35.9. The standard InChI is InChI=1S/C18H22ClNO.C18H23NO2.C11H17NO2.C9H11ClO.C9H12O2.C6H6O.C3H6O.C2H7NO.Cl2OS.ClH/c1-16(15-21-18-10-6-3-7-11-18)20(13-12-19)14-17-8-4-2-5-9-17;1-16(15-21-18-10-6-3-7-11-18)19(12-13-20)14-17-8-4-2-5-9-17;1-10(12-7-8-13)9-14-11-5-3-2-4-6-11;2*1-8(10)7-11-9-5-3-2-4-6-9;7-6-4-2-1-3-5-6;1-3-2-4-3;3-1-2-4;1-4(2)3;/h2-11,16H,12-15H2,1H3;2-11,16,20H,12-15H2,1H3;2-6,10,12-13H,7-9H2,1H3;2-6,8H,7H2,1H3;2-6,8,10H,7H2,1H3;1-5,7H;3H,2H2,1H3;4H,1-3H2;;1H. The van der Waals surface area contributed by atoms with Crippen LogP contribution in [-0.2, 0) is 27.1 Å². The number of hydrogen-bond donors (Lipinski definition) is 7. The highest BCUT2D eigenvalue weighted by molar-refractivity contribution is 8.26. The van der Waals surface area contributed by atoms with Crippen molar-refractivity contribution in [3.05, 3.63) is 254 Å². The van der Waals surface area contributed by atoms with Gasteiger partial charge in [0, 0.05) is 84.6 Å². The van der Waals surface area contributed by atoms with Crippen molar-refractivity contribution in [2.45, 2.75) is 90.3 Å². The Morgan fingerprint density at radius 2 is 0.796 bits per heavy atom. The van der Waals surface area contributed by atoms with Gasteiger partial charge in [-0.3, -0.25) is 9.80 Å². The zero-order valence-corrected chi connectivity index (χ0v) is 61.9. The number of halogens is 5. The summed E-state index contributed by atoms with van der Waals surface area (Å²) < 4.78 is 41.5. The van der Waals surface area contributed by atoms with Crippen molar-refractivity contribution in [2.75, 3.05) is 91.5 Å². The van der Waals surface area contributed by atoms with Gasteiger partial charge >= 0.3 is 0 Å². The van der Waals surface area contributed by atoms with Gasteiger partial charge in [-0.05, 0) is 125 Å². The van der Waals surface area contributed by atoms with E-state index in [-0.39, 0.29) is 49.7 Å². The second kappa shape index (κ2) is 63.0. The molecule has 6 unspecified atom stereocenters. The van der Waals surface area contributed by atoms with E-state index in [1.807, 2.05) is 196 Å². The number of nitrogens with two attached hydrogens (primary N) is 1. The molecule has 8 N–H and O–H groups in total. The van der Waals surface area contributed by atoms with Crippen molar-refractivity contribution < 1.29 is 58.2 Å². The molecule has 8 aromatic rings. The summed E-state index contributed by atoms with van der Waals surface area (Å²) >= 11 is 11.6. The maximum atomic E-state index is 9.27. The molecule has 0 bridgehead atoms. The van der Waals surface area contributed by atoms with Crippen molar-refractivity contribution in [3.63, 3.8) is 0 Å². The van der Waals surface area contributed by atoms with Crippen LogP contribution in [0.5, 0.6) is 34.5 Å². The van der Waals surface area contributed by atoms with Crippen LogP contribution in [0.15, 0.2) is 243 Å². The highest BCUT2D eigenvalue weighted by atomic mass is 36.0. The molecule has 22 heteroatoms. The molecule has 1 aliphatic heterocycles. The summed E-state index contributed by atoms with van der Waals surface area (Å²) in [6, 6.07) is 78.9. The van der Waals surface area contributed by atoms with E-state index in [2.05, 4.69) is 93.7 Å². The summed E-state index contributed by atoms with van der Waals surface area (Å²) in [6.45, 7) is 20.4. The molecule has 6 atom stereocenters. The smallest absolute Gasteiger partial charge is 0.211 e. The third kappa shape index (κ3) is 55.7. The lowest BCUT2D eigenvalue weighted by molar-refractivity contribution is 0.114. The molecule has 16 nitrogen and oxygen atoms in total. The van der Waals surface area contributed by atoms with Crippen molar-refractivity contribution in [1.29, 1.82) is 0 Å². The van der Waals surface area contributed by atoms with E-state index in [9.17, 15) is 5.11 Å². The quantitative estimate of drug-likeness (QED) is 0.0132. The minimum Gasteiger partial charge on any atom is -0.508 e. The van der Waals surface area contributed by atoms with Crippen LogP contribution in [0.4, 0.5) is 0 Å². The van der Waals surface area contributed by atoms with Crippen molar-refractivity contribution in [3.8, 4) is 34.5 Å². The SMILES string of the molecule is CC(COc1ccccc1)N(CCCl)Cc1ccccc1.CC(COc1ccccc1)N(CCO)Cc1ccccc1.CC(COc1ccccc1)NCCO.CC(Cl)COc1ccccc1.CC(O)COc1ccccc1.CC1CO1.Cl.NCCO.O=S(Cl)Cl.Oc1ccccc1. The number of hydrogen-bond acceptors (Lipinski definition) is 16. The molecule has 0 amide bonds. The van der Waals surface area contributed by atoms with Crippen LogP contribution in [0, 0.1) is 0 Å². The van der Waals surface area contributed by atoms with Crippen LogP contribution >= 0.6 is 57.0 Å². The van der Waals surface area contributed by atoms with Crippen LogP contribution < -0.4 is 34.7 Å². The van der Waals surface area contributed by atoms with Crippen LogP contribution in [0.2, 0.25) is 0 Å². The fourth-order valence-electron chi connectivity index (χ4n) is 7.55. The summed E-state index contributed by atoms with van der Waals surface area (Å²) in [7, 11) is 7.36. The Hall–Kier alpha value is -6.20. The number of aliphatic hydroxyl groups is 4. The maximum absolute atomic E-state index is 9.27. The van der Waals surface area contributed by atoms with E-state index >= 15 is 0 Å². The number of ether oxygens (including phenoxy) is 6. The molecule has 0 spiro atoms. The lowest BCUT2D eigenvalue weighted by atomic mass is 10.2. The molecule has 0 saturated carbocycles.